The van der Waals surface area contributed by atoms with Gasteiger partial charge < -0.3 is 5.32 Å². The summed E-state index contributed by atoms with van der Waals surface area (Å²) in [6.45, 7) is 3.28. The lowest BCUT2D eigenvalue weighted by molar-refractivity contribution is 0.0968. The number of rotatable bonds is 4. The highest BCUT2D eigenvalue weighted by Crippen LogP contribution is 2.34. The second-order valence-corrected chi connectivity index (χ2v) is 8.74. The molecule has 1 saturated heterocycles. The third-order valence-electron chi connectivity index (χ3n) is 6.16. The fraction of sp³-hybridized carbons (Fsp3) is 0.231. The molecule has 1 aliphatic rings. The lowest BCUT2D eigenvalue weighted by Crippen LogP contribution is -2.49. The Morgan fingerprint density at radius 3 is 2.74 bits per heavy atom. The van der Waals surface area contributed by atoms with Crippen molar-refractivity contribution in [2.24, 2.45) is 0 Å². The van der Waals surface area contributed by atoms with Gasteiger partial charge in [0, 0.05) is 36.1 Å². The third-order valence-corrected chi connectivity index (χ3v) is 6.47. The highest BCUT2D eigenvalue weighted by molar-refractivity contribution is 6.36. The van der Waals surface area contributed by atoms with Crippen LogP contribution in [0.1, 0.15) is 28.9 Å². The number of benzene rings is 2. The first-order valence-corrected chi connectivity index (χ1v) is 11.6. The summed E-state index contributed by atoms with van der Waals surface area (Å²) in [6, 6.07) is 11.8. The molecule has 1 amide bonds. The Morgan fingerprint density at radius 1 is 1.12 bits per heavy atom. The monoisotopic (exact) mass is 475 g/mol. The zero-order chi connectivity index (χ0) is 23.7. The molecule has 1 aliphatic heterocycles. The van der Waals surface area contributed by atoms with Crippen molar-refractivity contribution in [3.63, 3.8) is 0 Å². The van der Waals surface area contributed by atoms with Gasteiger partial charge in [0.05, 0.1) is 28.0 Å². The number of nitrogens with zero attached hydrogens (tertiary/aromatic N) is 4. The van der Waals surface area contributed by atoms with Crippen LogP contribution in [-0.4, -0.2) is 40.0 Å². The smallest absolute Gasteiger partial charge is 0.262 e. The molecule has 5 rings (SSSR count). The minimum Gasteiger partial charge on any atom is -0.315 e. The van der Waals surface area contributed by atoms with Crippen LogP contribution in [0.25, 0.3) is 22.0 Å². The molecule has 8 heteroatoms. The fourth-order valence-electron chi connectivity index (χ4n) is 4.50. The maximum Gasteiger partial charge on any atom is 0.262 e. The maximum absolute atomic E-state index is 15.4. The van der Waals surface area contributed by atoms with Crippen molar-refractivity contribution in [3.05, 3.63) is 83.2 Å². The van der Waals surface area contributed by atoms with Crippen LogP contribution in [0.4, 0.5) is 10.2 Å². The molecule has 0 spiro atoms. The molecule has 0 saturated carbocycles. The van der Waals surface area contributed by atoms with Gasteiger partial charge >= 0.3 is 0 Å². The molecular formula is C26H23ClFN5O. The van der Waals surface area contributed by atoms with Crippen LogP contribution in [0.2, 0.25) is 5.02 Å². The van der Waals surface area contributed by atoms with Gasteiger partial charge in [0.1, 0.15) is 11.6 Å². The van der Waals surface area contributed by atoms with Crippen molar-refractivity contribution in [1.29, 1.82) is 0 Å². The summed E-state index contributed by atoms with van der Waals surface area (Å²) in [5.74, 6) is -0.628. The number of hydrogen-bond donors (Lipinski definition) is 1. The lowest BCUT2D eigenvalue weighted by atomic mass is 10.0. The van der Waals surface area contributed by atoms with Crippen LogP contribution in [0.15, 0.2) is 61.1 Å². The predicted octanol–water partition coefficient (Wildman–Crippen LogP) is 5.19. The number of aryl methyl sites for hydroxylation is 1. The normalized spacial score (nSPS) is 15.9. The maximum atomic E-state index is 15.4. The summed E-state index contributed by atoms with van der Waals surface area (Å²) in [4.78, 5) is 28.6. The van der Waals surface area contributed by atoms with Gasteiger partial charge in [-0.25, -0.2) is 9.37 Å². The van der Waals surface area contributed by atoms with Crippen molar-refractivity contribution in [3.8, 4) is 11.3 Å². The van der Waals surface area contributed by atoms with Gasteiger partial charge in [-0.15, -0.1) is 0 Å². The molecule has 3 heterocycles. The first-order valence-electron chi connectivity index (χ1n) is 11.2. The van der Waals surface area contributed by atoms with Crippen LogP contribution in [0.5, 0.6) is 0 Å². The van der Waals surface area contributed by atoms with Crippen molar-refractivity contribution in [2.45, 2.75) is 25.8 Å². The minimum atomic E-state index is -0.618. The lowest BCUT2D eigenvalue weighted by Gasteiger charge is -2.34. The number of carbonyl (C=O) groups is 1. The molecule has 2 aromatic heterocycles. The predicted molar refractivity (Wildman–Crippen MR) is 132 cm³/mol. The summed E-state index contributed by atoms with van der Waals surface area (Å²) in [5.41, 5.74) is 1.81. The molecule has 172 valence electrons. The van der Waals surface area contributed by atoms with E-state index in [1.807, 2.05) is 25.1 Å². The average molecular weight is 476 g/mol. The van der Waals surface area contributed by atoms with E-state index in [2.05, 4.69) is 20.3 Å². The first-order chi connectivity index (χ1) is 16.5. The second-order valence-electron chi connectivity index (χ2n) is 8.33. The molecule has 1 atom stereocenters. The first kappa shape index (κ1) is 22.4. The van der Waals surface area contributed by atoms with Crippen LogP contribution >= 0.6 is 11.6 Å². The Hall–Kier alpha value is -3.42. The molecule has 34 heavy (non-hydrogen) atoms. The third kappa shape index (κ3) is 4.13. The Bertz CT molecular complexity index is 1370. The topological polar surface area (TPSA) is 71.0 Å². The number of aromatic nitrogens is 3. The number of fused-ring (bicyclic) bond motifs is 1. The molecule has 1 fully saturated rings. The number of hydrogen-bond acceptors (Lipinski definition) is 5. The van der Waals surface area contributed by atoms with E-state index < -0.39 is 11.7 Å². The fourth-order valence-corrected chi connectivity index (χ4v) is 4.76. The van der Waals surface area contributed by atoms with E-state index in [1.54, 1.807) is 35.6 Å². The van der Waals surface area contributed by atoms with Gasteiger partial charge in [-0.05, 0) is 56.0 Å². The molecule has 1 N–H and O–H groups in total. The quantitative estimate of drug-likeness (QED) is 0.439. The van der Waals surface area contributed by atoms with Crippen LogP contribution in [0, 0.1) is 12.7 Å². The van der Waals surface area contributed by atoms with Gasteiger partial charge in [0.15, 0.2) is 0 Å². The standard InChI is InChI=1S/C26H23ClFN5O/c1-16-24(31-13-12-30-16)18-7-8-20(22(28)14-18)26(34)33(19-5-3-10-29-15-19)25-23-17(9-11-32-25)4-2-6-21(23)27/h2,4,6-9,11-14,19,29H,3,5,10,15H2,1H3/t19-/m1/s1. The van der Waals surface area contributed by atoms with E-state index in [4.69, 9.17) is 11.6 Å². The number of amides is 1. The van der Waals surface area contributed by atoms with Crippen molar-refractivity contribution in [2.75, 3.05) is 18.0 Å². The second kappa shape index (κ2) is 9.44. The molecule has 2 aromatic carbocycles. The molecule has 0 radical (unpaired) electrons. The molecule has 4 aromatic rings. The average Bonchev–Trinajstić information content (AvgIpc) is 2.85. The zero-order valence-electron chi connectivity index (χ0n) is 18.6. The van der Waals surface area contributed by atoms with E-state index in [9.17, 15) is 4.79 Å². The minimum absolute atomic E-state index is 0.0262. The Labute approximate surface area is 201 Å². The van der Waals surface area contributed by atoms with Crippen molar-refractivity contribution < 1.29 is 9.18 Å². The Balaban J connectivity index is 1.61. The number of carbonyl (C=O) groups excluding carboxylic acids is 1. The Morgan fingerprint density at radius 2 is 1.97 bits per heavy atom. The van der Waals surface area contributed by atoms with Gasteiger partial charge in [-0.1, -0.05) is 29.8 Å². The van der Waals surface area contributed by atoms with Gasteiger partial charge in [-0.2, -0.15) is 0 Å². The number of pyridine rings is 1. The van der Waals surface area contributed by atoms with Gasteiger partial charge in [0.2, 0.25) is 0 Å². The number of nitrogens with one attached hydrogen (secondary N) is 1. The van der Waals surface area contributed by atoms with Gasteiger partial charge in [-0.3, -0.25) is 19.7 Å². The van der Waals surface area contributed by atoms with Crippen LogP contribution in [0.3, 0.4) is 0 Å². The van der Waals surface area contributed by atoms with E-state index >= 15 is 4.39 Å². The summed E-state index contributed by atoms with van der Waals surface area (Å²) in [7, 11) is 0. The summed E-state index contributed by atoms with van der Waals surface area (Å²) >= 11 is 6.55. The molecular weight excluding hydrogens is 453 g/mol. The molecule has 6 nitrogen and oxygen atoms in total. The highest BCUT2D eigenvalue weighted by Gasteiger charge is 2.32. The number of piperidine rings is 1. The molecule has 0 unspecified atom stereocenters. The zero-order valence-corrected chi connectivity index (χ0v) is 19.4. The molecule has 0 aliphatic carbocycles. The molecule has 0 bridgehead atoms. The van der Waals surface area contributed by atoms with Crippen LogP contribution < -0.4 is 10.2 Å². The highest BCUT2D eigenvalue weighted by atomic mass is 35.5. The largest absolute Gasteiger partial charge is 0.315 e. The SMILES string of the molecule is Cc1nccnc1-c1ccc(C(=O)N(c2nccc3cccc(Cl)c23)[C@@H]2CCCNC2)c(F)c1. The van der Waals surface area contributed by atoms with Crippen LogP contribution in [-0.2, 0) is 0 Å². The number of anilines is 1. The number of halogens is 2. The van der Waals surface area contributed by atoms with Crippen molar-refractivity contribution in [1.82, 2.24) is 20.3 Å². The Kier molecular flexibility index (Phi) is 6.22. The van der Waals surface area contributed by atoms with E-state index in [0.717, 1.165) is 24.8 Å². The van der Waals surface area contributed by atoms with Crippen molar-refractivity contribution >= 4 is 34.1 Å². The van der Waals surface area contributed by atoms with Gasteiger partial charge in [0.25, 0.3) is 5.91 Å². The van der Waals surface area contributed by atoms with E-state index in [0.29, 0.717) is 39.7 Å². The summed E-state index contributed by atoms with van der Waals surface area (Å²) in [6.07, 6.45) is 6.49. The van der Waals surface area contributed by atoms with E-state index in [-0.39, 0.29) is 11.6 Å². The van der Waals surface area contributed by atoms with E-state index in [1.165, 1.54) is 12.1 Å². The summed E-state index contributed by atoms with van der Waals surface area (Å²) < 4.78 is 15.4. The summed E-state index contributed by atoms with van der Waals surface area (Å²) in [5, 5.41) is 5.39.